The van der Waals surface area contributed by atoms with Gasteiger partial charge in [0.1, 0.15) is 17.9 Å². The molecule has 7 heteroatoms. The average molecular weight is 367 g/mol. The minimum atomic E-state index is -1.07. The summed E-state index contributed by atoms with van der Waals surface area (Å²) in [6, 6.07) is 12.8. The van der Waals surface area contributed by atoms with Crippen molar-refractivity contribution in [2.75, 3.05) is 6.54 Å². The molecule has 2 N–H and O–H groups in total. The van der Waals surface area contributed by atoms with Gasteiger partial charge < -0.3 is 10.6 Å². The van der Waals surface area contributed by atoms with E-state index in [9.17, 15) is 18.8 Å². The van der Waals surface area contributed by atoms with E-state index in [2.05, 4.69) is 10.6 Å². The number of carbonyl (C=O) groups is 3. The van der Waals surface area contributed by atoms with E-state index in [4.69, 9.17) is 0 Å². The first-order valence-electron chi connectivity index (χ1n) is 8.73. The molecule has 1 fully saturated rings. The molecule has 2 aromatic rings. The van der Waals surface area contributed by atoms with Crippen LogP contribution < -0.4 is 10.6 Å². The molecule has 0 bridgehead atoms. The number of benzene rings is 2. The van der Waals surface area contributed by atoms with E-state index >= 15 is 0 Å². The third-order valence-electron chi connectivity index (χ3n) is 5.10. The summed E-state index contributed by atoms with van der Waals surface area (Å²) in [6.07, 6.45) is 1.18. The van der Waals surface area contributed by atoms with Gasteiger partial charge in [0, 0.05) is 6.54 Å². The van der Waals surface area contributed by atoms with Crippen molar-refractivity contribution in [3.8, 4) is 0 Å². The van der Waals surface area contributed by atoms with E-state index < -0.39 is 29.2 Å². The maximum absolute atomic E-state index is 13.2. The second-order valence-electron chi connectivity index (χ2n) is 6.79. The molecule has 6 nitrogen and oxygen atoms in total. The van der Waals surface area contributed by atoms with Crippen LogP contribution in [0, 0.1) is 5.82 Å². The maximum atomic E-state index is 13.2. The summed E-state index contributed by atoms with van der Waals surface area (Å²) in [5.74, 6) is -1.28. The second-order valence-corrected chi connectivity index (χ2v) is 6.79. The molecule has 1 saturated heterocycles. The monoisotopic (exact) mass is 367 g/mol. The Bertz CT molecular complexity index is 946. The topological polar surface area (TPSA) is 78.5 Å². The first-order chi connectivity index (χ1) is 13.0. The molecule has 2 aromatic carbocycles. The molecule has 1 spiro atoms. The maximum Gasteiger partial charge on any atom is 0.325 e. The Hall–Kier alpha value is -3.22. The number of nitrogens with one attached hydrogen (secondary N) is 2. The predicted molar refractivity (Wildman–Crippen MR) is 94.9 cm³/mol. The van der Waals surface area contributed by atoms with Gasteiger partial charge in [-0.1, -0.05) is 36.4 Å². The van der Waals surface area contributed by atoms with Gasteiger partial charge in [-0.3, -0.25) is 14.5 Å². The second kappa shape index (κ2) is 6.50. The lowest BCUT2D eigenvalue weighted by molar-refractivity contribution is -0.135. The third-order valence-corrected chi connectivity index (χ3v) is 5.10. The highest BCUT2D eigenvalue weighted by molar-refractivity contribution is 6.09. The fraction of sp³-hybridized carbons (Fsp3) is 0.250. The number of aryl methyl sites for hydroxylation is 1. The fourth-order valence-corrected chi connectivity index (χ4v) is 3.78. The van der Waals surface area contributed by atoms with Crippen LogP contribution in [0.5, 0.6) is 0 Å². The number of imide groups is 1. The van der Waals surface area contributed by atoms with Crippen molar-refractivity contribution in [3.63, 3.8) is 0 Å². The Morgan fingerprint density at radius 2 is 2.00 bits per heavy atom. The van der Waals surface area contributed by atoms with Crippen molar-refractivity contribution in [2.24, 2.45) is 0 Å². The highest BCUT2D eigenvalue weighted by atomic mass is 19.1. The number of amides is 4. The Labute approximate surface area is 155 Å². The molecule has 138 valence electrons. The Kier molecular flexibility index (Phi) is 4.14. The van der Waals surface area contributed by atoms with Gasteiger partial charge >= 0.3 is 6.03 Å². The quantitative estimate of drug-likeness (QED) is 0.810. The van der Waals surface area contributed by atoms with E-state index in [1.54, 1.807) is 12.1 Å². The number of hydrogen-bond acceptors (Lipinski definition) is 3. The zero-order valence-corrected chi connectivity index (χ0v) is 14.5. The van der Waals surface area contributed by atoms with Gasteiger partial charge in [-0.2, -0.15) is 0 Å². The van der Waals surface area contributed by atoms with E-state index in [0.717, 1.165) is 16.0 Å². The van der Waals surface area contributed by atoms with Crippen molar-refractivity contribution in [3.05, 3.63) is 71.0 Å². The number of urea groups is 1. The van der Waals surface area contributed by atoms with Crippen LogP contribution in [0.15, 0.2) is 48.5 Å². The Morgan fingerprint density at radius 1 is 1.19 bits per heavy atom. The molecule has 1 aliphatic carbocycles. The summed E-state index contributed by atoms with van der Waals surface area (Å²) in [6.45, 7) is -0.252. The fourth-order valence-electron chi connectivity index (χ4n) is 3.78. The average Bonchev–Trinajstić information content (AvgIpc) is 3.14. The molecule has 2 aliphatic rings. The molecule has 0 radical (unpaired) electrons. The summed E-state index contributed by atoms with van der Waals surface area (Å²) in [5.41, 5.74) is 1.35. The van der Waals surface area contributed by atoms with Crippen LogP contribution in [0.3, 0.4) is 0 Å². The number of carbonyl (C=O) groups excluding carboxylic acids is 3. The van der Waals surface area contributed by atoms with Crippen LogP contribution in [-0.4, -0.2) is 29.3 Å². The molecule has 0 aromatic heterocycles. The van der Waals surface area contributed by atoms with Crippen molar-refractivity contribution in [2.45, 2.75) is 24.9 Å². The number of nitrogens with zero attached hydrogens (tertiary/aromatic N) is 1. The molecular weight excluding hydrogens is 349 g/mol. The van der Waals surface area contributed by atoms with Crippen LogP contribution in [0.4, 0.5) is 9.18 Å². The summed E-state index contributed by atoms with van der Waals surface area (Å²) in [7, 11) is 0. The smallest absolute Gasteiger partial charge is 0.325 e. The third kappa shape index (κ3) is 2.95. The normalized spacial score (nSPS) is 20.7. The van der Waals surface area contributed by atoms with Crippen molar-refractivity contribution < 1.29 is 18.8 Å². The lowest BCUT2D eigenvalue weighted by atomic mass is 9.92. The number of fused-ring (bicyclic) bond motifs is 2. The highest BCUT2D eigenvalue weighted by Gasteiger charge is 2.55. The Balaban J connectivity index is 1.45. The van der Waals surface area contributed by atoms with Gasteiger partial charge in [-0.15, -0.1) is 0 Å². The minimum absolute atomic E-state index is 0.119. The molecule has 27 heavy (non-hydrogen) atoms. The van der Waals surface area contributed by atoms with Gasteiger partial charge in [0.05, 0.1) is 0 Å². The van der Waals surface area contributed by atoms with Crippen LogP contribution in [0.2, 0.25) is 0 Å². The zero-order chi connectivity index (χ0) is 19.0. The van der Waals surface area contributed by atoms with Crippen LogP contribution >= 0.6 is 0 Å². The van der Waals surface area contributed by atoms with E-state index in [1.165, 1.54) is 12.1 Å². The number of hydrogen-bond donors (Lipinski definition) is 2. The van der Waals surface area contributed by atoms with E-state index in [-0.39, 0.29) is 13.1 Å². The van der Waals surface area contributed by atoms with Crippen LogP contribution in [-0.2, 0) is 28.1 Å². The summed E-state index contributed by atoms with van der Waals surface area (Å²) < 4.78 is 13.2. The van der Waals surface area contributed by atoms with Crippen LogP contribution in [0.1, 0.15) is 23.1 Å². The molecule has 4 amide bonds. The zero-order valence-electron chi connectivity index (χ0n) is 14.5. The molecular formula is C20H18FN3O3. The van der Waals surface area contributed by atoms with Gasteiger partial charge in [0.15, 0.2) is 0 Å². The standard InChI is InChI=1S/C20H18FN3O3/c21-15-6-3-4-13(10-15)11-22-17(25)12-24-18(26)20(23-19(24)27)9-8-14-5-1-2-7-16(14)20/h1-7,10H,8-9,11-12H2,(H,22,25)(H,23,27). The number of halogens is 1. The molecule has 4 rings (SSSR count). The van der Waals surface area contributed by atoms with E-state index in [0.29, 0.717) is 18.4 Å². The first-order valence-corrected chi connectivity index (χ1v) is 8.73. The van der Waals surface area contributed by atoms with Crippen molar-refractivity contribution in [1.82, 2.24) is 15.5 Å². The molecule has 0 saturated carbocycles. The van der Waals surface area contributed by atoms with Crippen molar-refractivity contribution >= 4 is 17.8 Å². The van der Waals surface area contributed by atoms with Gasteiger partial charge in [0.25, 0.3) is 5.91 Å². The highest BCUT2D eigenvalue weighted by Crippen LogP contribution is 2.41. The number of rotatable bonds is 4. The Morgan fingerprint density at radius 3 is 2.81 bits per heavy atom. The molecule has 1 heterocycles. The molecule has 1 unspecified atom stereocenters. The van der Waals surface area contributed by atoms with Crippen LogP contribution in [0.25, 0.3) is 0 Å². The summed E-state index contributed by atoms with van der Waals surface area (Å²) in [4.78, 5) is 38.5. The predicted octanol–water partition coefficient (Wildman–Crippen LogP) is 1.84. The minimum Gasteiger partial charge on any atom is -0.350 e. The largest absolute Gasteiger partial charge is 0.350 e. The lowest BCUT2D eigenvalue weighted by Crippen LogP contribution is -2.43. The first kappa shape index (κ1) is 17.2. The van der Waals surface area contributed by atoms with Gasteiger partial charge in [-0.25, -0.2) is 9.18 Å². The SMILES string of the molecule is O=C(CN1C(=O)NC2(CCc3ccccc32)C1=O)NCc1cccc(F)c1. The lowest BCUT2D eigenvalue weighted by Gasteiger charge is -2.22. The van der Waals surface area contributed by atoms with Gasteiger partial charge in [0.2, 0.25) is 5.91 Å². The van der Waals surface area contributed by atoms with E-state index in [1.807, 2.05) is 24.3 Å². The van der Waals surface area contributed by atoms with Crippen molar-refractivity contribution in [1.29, 1.82) is 0 Å². The summed E-state index contributed by atoms with van der Waals surface area (Å²) in [5, 5.41) is 5.39. The summed E-state index contributed by atoms with van der Waals surface area (Å²) >= 11 is 0. The molecule has 1 atom stereocenters. The van der Waals surface area contributed by atoms with Gasteiger partial charge in [-0.05, 0) is 41.7 Å². The molecule has 1 aliphatic heterocycles.